The summed E-state index contributed by atoms with van der Waals surface area (Å²) >= 11 is 0. The van der Waals surface area contributed by atoms with E-state index in [4.69, 9.17) is 0 Å². The smallest absolute Gasteiger partial charge is 0.0277 e. The van der Waals surface area contributed by atoms with Crippen LogP contribution in [0, 0.1) is 35.5 Å². The molecule has 40 valence electrons. The van der Waals surface area contributed by atoms with Crippen molar-refractivity contribution < 1.29 is 0 Å². The molecule has 4 atom stereocenters. The van der Waals surface area contributed by atoms with Gasteiger partial charge in [-0.25, -0.2) is 0 Å². The van der Waals surface area contributed by atoms with Gasteiger partial charge in [-0.1, -0.05) is 11.8 Å². The van der Waals surface area contributed by atoms with Crippen LogP contribution >= 0.6 is 0 Å². The maximum Gasteiger partial charge on any atom is 0.0277 e. The van der Waals surface area contributed by atoms with Gasteiger partial charge in [0, 0.05) is 11.8 Å². The van der Waals surface area contributed by atoms with Crippen LogP contribution in [0.1, 0.15) is 12.8 Å². The molecular formula is C8H8. The van der Waals surface area contributed by atoms with E-state index in [1.54, 1.807) is 0 Å². The topological polar surface area (TPSA) is 0 Å². The van der Waals surface area contributed by atoms with Crippen molar-refractivity contribution in [2.75, 3.05) is 0 Å². The zero-order chi connectivity index (χ0) is 5.14. The van der Waals surface area contributed by atoms with Gasteiger partial charge in [0.1, 0.15) is 0 Å². The van der Waals surface area contributed by atoms with E-state index < -0.39 is 0 Å². The minimum absolute atomic E-state index is 0.852. The third-order valence-electron chi connectivity index (χ3n) is 2.94. The van der Waals surface area contributed by atoms with Gasteiger partial charge in [0.25, 0.3) is 0 Å². The van der Waals surface area contributed by atoms with Crippen molar-refractivity contribution in [3.05, 3.63) is 0 Å². The highest BCUT2D eigenvalue weighted by atomic mass is 14.6. The normalized spacial score (nSPS) is 62.0. The molecule has 3 aliphatic rings. The highest BCUT2D eigenvalue weighted by Crippen LogP contribution is 2.62. The van der Waals surface area contributed by atoms with Gasteiger partial charge in [-0.2, -0.15) is 0 Å². The minimum Gasteiger partial charge on any atom is -0.0992 e. The third kappa shape index (κ3) is 0.208. The number of fused-ring (bicyclic) bond motifs is 1. The number of rotatable bonds is 0. The van der Waals surface area contributed by atoms with Crippen molar-refractivity contribution in [3.63, 3.8) is 0 Å². The molecule has 0 radical (unpaired) electrons. The molecule has 0 aliphatic heterocycles. The summed E-state index contributed by atoms with van der Waals surface area (Å²) in [5.41, 5.74) is 0. The predicted molar refractivity (Wildman–Crippen MR) is 31.0 cm³/mol. The van der Waals surface area contributed by atoms with Gasteiger partial charge in [0.05, 0.1) is 0 Å². The SMILES string of the molecule is C1#CC2C3C1CC[C@@H]23. The second-order valence-electron chi connectivity index (χ2n) is 3.24. The first-order valence-electron chi connectivity index (χ1n) is 3.48. The molecule has 0 heteroatoms. The molecule has 0 bridgehead atoms. The summed E-state index contributed by atoms with van der Waals surface area (Å²) in [7, 11) is 0. The molecule has 0 spiro atoms. The van der Waals surface area contributed by atoms with Crippen molar-refractivity contribution in [3.8, 4) is 11.8 Å². The highest BCUT2D eigenvalue weighted by molar-refractivity contribution is 5.32. The van der Waals surface area contributed by atoms with Gasteiger partial charge in [-0.15, -0.1) is 0 Å². The lowest BCUT2D eigenvalue weighted by Gasteiger charge is -1.95. The Labute approximate surface area is 49.3 Å². The molecule has 2 fully saturated rings. The Morgan fingerprint density at radius 1 is 1.12 bits per heavy atom. The third-order valence-corrected chi connectivity index (χ3v) is 2.94. The van der Waals surface area contributed by atoms with Crippen molar-refractivity contribution in [2.24, 2.45) is 23.7 Å². The molecule has 0 aromatic carbocycles. The molecule has 3 aliphatic carbocycles. The first-order valence-corrected chi connectivity index (χ1v) is 3.48. The van der Waals surface area contributed by atoms with E-state index in [1.165, 1.54) is 12.8 Å². The maximum absolute atomic E-state index is 3.31. The average Bonchev–Trinajstić information content (AvgIpc) is 2.11. The number of hydrogen-bond acceptors (Lipinski definition) is 0. The molecule has 0 aromatic rings. The van der Waals surface area contributed by atoms with Crippen LogP contribution in [0.2, 0.25) is 0 Å². The van der Waals surface area contributed by atoms with Gasteiger partial charge in [-0.05, 0) is 24.7 Å². The molecule has 0 aromatic heterocycles. The zero-order valence-electron chi connectivity index (χ0n) is 4.72. The Morgan fingerprint density at radius 2 is 2.12 bits per heavy atom. The predicted octanol–water partition coefficient (Wildman–Crippen LogP) is 1.28. The Morgan fingerprint density at radius 3 is 2.75 bits per heavy atom. The zero-order valence-corrected chi connectivity index (χ0v) is 4.72. The van der Waals surface area contributed by atoms with Gasteiger partial charge in [0.15, 0.2) is 0 Å². The van der Waals surface area contributed by atoms with E-state index in [0.717, 1.165) is 23.7 Å². The van der Waals surface area contributed by atoms with E-state index in [1.807, 2.05) is 0 Å². The lowest BCUT2D eigenvalue weighted by atomic mass is 10.1. The lowest BCUT2D eigenvalue weighted by molar-refractivity contribution is 0.597. The van der Waals surface area contributed by atoms with Crippen LogP contribution in [0.3, 0.4) is 0 Å². The molecule has 0 saturated heterocycles. The fourth-order valence-corrected chi connectivity index (χ4v) is 2.46. The van der Waals surface area contributed by atoms with Crippen molar-refractivity contribution in [2.45, 2.75) is 12.8 Å². The quantitative estimate of drug-likeness (QED) is 0.406. The Balaban J connectivity index is 2.14. The Bertz CT molecular complexity index is 194. The Kier molecular flexibility index (Phi) is 0.373. The standard InChI is InChI=1S/C8H8/c1-3-6-7-4-2-5(1)8(6)7/h5-8H,1,3H2/t5?,6-,7?,8?/m0/s1. The summed E-state index contributed by atoms with van der Waals surface area (Å²) in [6.07, 6.45) is 2.89. The van der Waals surface area contributed by atoms with Crippen molar-refractivity contribution in [1.82, 2.24) is 0 Å². The van der Waals surface area contributed by atoms with E-state index in [9.17, 15) is 0 Å². The van der Waals surface area contributed by atoms with E-state index in [2.05, 4.69) is 11.8 Å². The monoisotopic (exact) mass is 104 g/mol. The van der Waals surface area contributed by atoms with Gasteiger partial charge in [-0.3, -0.25) is 0 Å². The molecule has 3 rings (SSSR count). The lowest BCUT2D eigenvalue weighted by Crippen LogP contribution is -1.90. The molecule has 0 N–H and O–H groups in total. The Hall–Kier alpha value is -0.440. The van der Waals surface area contributed by atoms with Crippen LogP contribution in [-0.2, 0) is 0 Å². The number of hydrogen-bond donors (Lipinski definition) is 0. The fraction of sp³-hybridized carbons (Fsp3) is 0.750. The highest BCUT2D eigenvalue weighted by Gasteiger charge is 2.59. The van der Waals surface area contributed by atoms with Crippen LogP contribution in [-0.4, -0.2) is 0 Å². The van der Waals surface area contributed by atoms with Crippen LogP contribution < -0.4 is 0 Å². The summed E-state index contributed by atoms with van der Waals surface area (Å²) in [4.78, 5) is 0. The van der Waals surface area contributed by atoms with Crippen molar-refractivity contribution >= 4 is 0 Å². The fourth-order valence-electron chi connectivity index (χ4n) is 2.46. The summed E-state index contributed by atoms with van der Waals surface area (Å²) < 4.78 is 0. The maximum atomic E-state index is 3.31. The van der Waals surface area contributed by atoms with Gasteiger partial charge < -0.3 is 0 Å². The molecule has 0 nitrogen and oxygen atoms in total. The summed E-state index contributed by atoms with van der Waals surface area (Å²) in [5.74, 6) is 10.4. The first kappa shape index (κ1) is 3.56. The first-order chi connectivity index (χ1) is 3.97. The van der Waals surface area contributed by atoms with Crippen LogP contribution in [0.15, 0.2) is 0 Å². The molecular weight excluding hydrogens is 96.1 g/mol. The molecule has 3 unspecified atom stereocenters. The van der Waals surface area contributed by atoms with Gasteiger partial charge in [0.2, 0.25) is 0 Å². The van der Waals surface area contributed by atoms with Crippen LogP contribution in [0.4, 0.5) is 0 Å². The minimum atomic E-state index is 0.852. The molecule has 2 saturated carbocycles. The second-order valence-corrected chi connectivity index (χ2v) is 3.24. The van der Waals surface area contributed by atoms with E-state index in [0.29, 0.717) is 0 Å². The molecule has 0 heterocycles. The summed E-state index contributed by atoms with van der Waals surface area (Å²) in [5, 5.41) is 0. The largest absolute Gasteiger partial charge is 0.0992 e. The van der Waals surface area contributed by atoms with Crippen LogP contribution in [0.25, 0.3) is 0 Å². The van der Waals surface area contributed by atoms with Gasteiger partial charge >= 0.3 is 0 Å². The van der Waals surface area contributed by atoms with E-state index >= 15 is 0 Å². The van der Waals surface area contributed by atoms with Crippen molar-refractivity contribution in [1.29, 1.82) is 0 Å². The summed E-state index contributed by atoms with van der Waals surface area (Å²) in [6, 6.07) is 0. The average molecular weight is 104 g/mol. The second kappa shape index (κ2) is 0.838. The molecule has 8 heavy (non-hydrogen) atoms. The van der Waals surface area contributed by atoms with Crippen LogP contribution in [0.5, 0.6) is 0 Å². The van der Waals surface area contributed by atoms with E-state index in [-0.39, 0.29) is 0 Å². The summed E-state index contributed by atoms with van der Waals surface area (Å²) in [6.45, 7) is 0. The molecule has 0 amide bonds.